The molecule has 0 aliphatic rings. The van der Waals surface area contributed by atoms with Gasteiger partial charge in [0.05, 0.1) is 23.8 Å². The predicted molar refractivity (Wildman–Crippen MR) is 95.4 cm³/mol. The van der Waals surface area contributed by atoms with Gasteiger partial charge < -0.3 is 14.5 Å². The van der Waals surface area contributed by atoms with Crippen LogP contribution in [0.15, 0.2) is 42.6 Å². The molecular weight excluding hydrogens is 336 g/mol. The van der Waals surface area contributed by atoms with Crippen molar-refractivity contribution < 1.29 is 14.5 Å². The van der Waals surface area contributed by atoms with E-state index in [2.05, 4.69) is 10.3 Å². The summed E-state index contributed by atoms with van der Waals surface area (Å²) >= 11 is 0. The molecule has 1 amide bonds. The van der Waals surface area contributed by atoms with Crippen LogP contribution in [-0.4, -0.2) is 26.8 Å². The number of nitro groups is 1. The molecule has 0 saturated heterocycles. The second-order valence-electron chi connectivity index (χ2n) is 5.68. The maximum atomic E-state index is 12.3. The summed E-state index contributed by atoms with van der Waals surface area (Å²) in [6, 6.07) is 9.92. The zero-order chi connectivity index (χ0) is 18.7. The number of aromatic nitrogens is 2. The van der Waals surface area contributed by atoms with E-state index < -0.39 is 10.8 Å². The van der Waals surface area contributed by atoms with Crippen molar-refractivity contribution in [3.8, 4) is 5.75 Å². The summed E-state index contributed by atoms with van der Waals surface area (Å²) < 4.78 is 7.15. The lowest BCUT2D eigenvalue weighted by Gasteiger charge is -2.07. The molecule has 0 radical (unpaired) electrons. The molecule has 1 aromatic carbocycles. The van der Waals surface area contributed by atoms with Gasteiger partial charge in [-0.25, -0.2) is 4.98 Å². The molecule has 0 aliphatic carbocycles. The lowest BCUT2D eigenvalue weighted by atomic mass is 10.1. The molecule has 0 aliphatic heterocycles. The Kier molecular flexibility index (Phi) is 4.83. The third-order valence-electron chi connectivity index (χ3n) is 3.89. The van der Waals surface area contributed by atoms with E-state index in [-0.39, 0.29) is 23.5 Å². The van der Waals surface area contributed by atoms with Gasteiger partial charge in [-0.15, -0.1) is 0 Å². The standard InChI is InChI=1S/C18H18N4O4/c1-3-26-16-8-7-13(9-15(16)22(24)25)18(23)19-10-14-11-21-12(2)5-4-6-17(21)20-14/h4-9,11H,3,10H2,1-2H3,(H,19,23). The van der Waals surface area contributed by atoms with Crippen molar-refractivity contribution in [2.24, 2.45) is 0 Å². The number of aryl methyl sites for hydroxylation is 1. The number of imidazole rings is 1. The Labute approximate surface area is 149 Å². The normalized spacial score (nSPS) is 10.7. The van der Waals surface area contributed by atoms with Gasteiger partial charge in [0.1, 0.15) is 5.65 Å². The molecule has 0 fully saturated rings. The Morgan fingerprint density at radius 1 is 1.35 bits per heavy atom. The largest absolute Gasteiger partial charge is 0.487 e. The monoisotopic (exact) mass is 354 g/mol. The zero-order valence-corrected chi connectivity index (χ0v) is 14.4. The van der Waals surface area contributed by atoms with Crippen LogP contribution < -0.4 is 10.1 Å². The number of rotatable bonds is 6. The molecule has 0 bridgehead atoms. The van der Waals surface area contributed by atoms with Crippen molar-refractivity contribution in [2.45, 2.75) is 20.4 Å². The zero-order valence-electron chi connectivity index (χ0n) is 14.4. The smallest absolute Gasteiger partial charge is 0.311 e. The average Bonchev–Trinajstić information content (AvgIpc) is 3.04. The SMILES string of the molecule is CCOc1ccc(C(=O)NCc2cn3c(C)cccc3n2)cc1[N+](=O)[O-]. The number of hydrogen-bond donors (Lipinski definition) is 1. The van der Waals surface area contributed by atoms with E-state index in [4.69, 9.17) is 4.74 Å². The maximum Gasteiger partial charge on any atom is 0.311 e. The summed E-state index contributed by atoms with van der Waals surface area (Å²) in [4.78, 5) is 27.4. The second-order valence-corrected chi connectivity index (χ2v) is 5.68. The van der Waals surface area contributed by atoms with Crippen LogP contribution in [0.5, 0.6) is 5.75 Å². The van der Waals surface area contributed by atoms with Gasteiger partial charge >= 0.3 is 5.69 Å². The molecular formula is C18H18N4O4. The maximum absolute atomic E-state index is 12.3. The first-order valence-corrected chi connectivity index (χ1v) is 8.12. The van der Waals surface area contributed by atoms with Gasteiger partial charge in [-0.2, -0.15) is 0 Å². The fourth-order valence-electron chi connectivity index (χ4n) is 2.64. The highest BCUT2D eigenvalue weighted by atomic mass is 16.6. The first-order valence-electron chi connectivity index (χ1n) is 8.12. The van der Waals surface area contributed by atoms with E-state index in [1.165, 1.54) is 18.2 Å². The summed E-state index contributed by atoms with van der Waals surface area (Å²) in [6.07, 6.45) is 1.85. The lowest BCUT2D eigenvalue weighted by Crippen LogP contribution is -2.23. The van der Waals surface area contributed by atoms with Gasteiger partial charge in [0.25, 0.3) is 5.91 Å². The predicted octanol–water partition coefficient (Wildman–Crippen LogP) is 2.88. The minimum absolute atomic E-state index is 0.143. The Bertz CT molecular complexity index is 980. The molecule has 2 heterocycles. The van der Waals surface area contributed by atoms with Crippen molar-refractivity contribution in [2.75, 3.05) is 6.61 Å². The van der Waals surface area contributed by atoms with Crippen LogP contribution in [0.2, 0.25) is 0 Å². The van der Waals surface area contributed by atoms with E-state index in [9.17, 15) is 14.9 Å². The Hall–Kier alpha value is -3.42. The first kappa shape index (κ1) is 17.4. The number of carbonyl (C=O) groups is 1. The molecule has 8 nitrogen and oxygen atoms in total. The number of hydrogen-bond acceptors (Lipinski definition) is 5. The van der Waals surface area contributed by atoms with Gasteiger partial charge in [0, 0.05) is 23.5 Å². The first-order chi connectivity index (χ1) is 12.5. The second kappa shape index (κ2) is 7.22. The number of fused-ring (bicyclic) bond motifs is 1. The van der Waals surface area contributed by atoms with Gasteiger partial charge in [-0.05, 0) is 38.1 Å². The van der Waals surface area contributed by atoms with Crippen molar-refractivity contribution >= 4 is 17.2 Å². The molecule has 0 unspecified atom stereocenters. The van der Waals surface area contributed by atoms with Crippen LogP contribution in [0.1, 0.15) is 28.7 Å². The Balaban J connectivity index is 1.76. The highest BCUT2D eigenvalue weighted by Gasteiger charge is 2.18. The number of nitrogens with zero attached hydrogens (tertiary/aromatic N) is 3. The highest BCUT2D eigenvalue weighted by molar-refractivity contribution is 5.95. The fourth-order valence-corrected chi connectivity index (χ4v) is 2.64. The minimum Gasteiger partial charge on any atom is -0.487 e. The molecule has 134 valence electrons. The van der Waals surface area contributed by atoms with Crippen LogP contribution in [0, 0.1) is 17.0 Å². The summed E-state index contributed by atoms with van der Waals surface area (Å²) in [7, 11) is 0. The molecule has 1 N–H and O–H groups in total. The number of benzene rings is 1. The minimum atomic E-state index is -0.563. The average molecular weight is 354 g/mol. The molecule has 3 rings (SSSR count). The molecule has 0 atom stereocenters. The number of carbonyl (C=O) groups excluding carboxylic acids is 1. The highest BCUT2D eigenvalue weighted by Crippen LogP contribution is 2.28. The number of pyridine rings is 1. The summed E-state index contributed by atoms with van der Waals surface area (Å²) in [5.41, 5.74) is 2.50. The van der Waals surface area contributed by atoms with Crippen molar-refractivity contribution in [3.63, 3.8) is 0 Å². The summed E-state index contributed by atoms with van der Waals surface area (Å²) in [6.45, 7) is 4.23. The van der Waals surface area contributed by atoms with Gasteiger partial charge in [-0.3, -0.25) is 14.9 Å². The molecule has 8 heteroatoms. The third kappa shape index (κ3) is 3.49. The lowest BCUT2D eigenvalue weighted by molar-refractivity contribution is -0.385. The Morgan fingerprint density at radius 3 is 2.85 bits per heavy atom. The molecule has 0 spiro atoms. The summed E-state index contributed by atoms with van der Waals surface area (Å²) in [5.74, 6) is -0.269. The molecule has 3 aromatic rings. The van der Waals surface area contributed by atoms with Crippen LogP contribution in [0.25, 0.3) is 5.65 Å². The van der Waals surface area contributed by atoms with Crippen LogP contribution in [0.3, 0.4) is 0 Å². The molecule has 0 saturated carbocycles. The van der Waals surface area contributed by atoms with E-state index in [0.717, 1.165) is 11.3 Å². The van der Waals surface area contributed by atoms with Gasteiger partial charge in [0.2, 0.25) is 0 Å². The molecule has 2 aromatic heterocycles. The van der Waals surface area contributed by atoms with Crippen LogP contribution >= 0.6 is 0 Å². The van der Waals surface area contributed by atoms with Crippen molar-refractivity contribution in [3.05, 3.63) is 69.7 Å². The topological polar surface area (TPSA) is 98.8 Å². The van der Waals surface area contributed by atoms with Crippen LogP contribution in [0.4, 0.5) is 5.69 Å². The number of ether oxygens (including phenoxy) is 1. The summed E-state index contributed by atoms with van der Waals surface area (Å²) in [5, 5.41) is 13.9. The van der Waals surface area contributed by atoms with Crippen molar-refractivity contribution in [1.82, 2.24) is 14.7 Å². The fraction of sp³-hybridized carbons (Fsp3) is 0.222. The van der Waals surface area contributed by atoms with Crippen LogP contribution in [-0.2, 0) is 6.54 Å². The van der Waals surface area contributed by atoms with E-state index in [1.807, 2.05) is 35.7 Å². The van der Waals surface area contributed by atoms with E-state index >= 15 is 0 Å². The van der Waals surface area contributed by atoms with E-state index in [0.29, 0.717) is 12.3 Å². The number of nitro benzene ring substituents is 1. The number of nitrogens with one attached hydrogen (secondary N) is 1. The third-order valence-corrected chi connectivity index (χ3v) is 3.89. The molecule has 26 heavy (non-hydrogen) atoms. The number of amides is 1. The van der Waals surface area contributed by atoms with Crippen molar-refractivity contribution in [1.29, 1.82) is 0 Å². The quantitative estimate of drug-likeness (QED) is 0.542. The Morgan fingerprint density at radius 2 is 2.15 bits per heavy atom. The van der Waals surface area contributed by atoms with Gasteiger partial charge in [-0.1, -0.05) is 6.07 Å². The van der Waals surface area contributed by atoms with Gasteiger partial charge in [0.15, 0.2) is 5.75 Å². The van der Waals surface area contributed by atoms with E-state index in [1.54, 1.807) is 6.92 Å².